The highest BCUT2D eigenvalue weighted by Crippen LogP contribution is 2.25. The summed E-state index contributed by atoms with van der Waals surface area (Å²) in [5.41, 5.74) is 2.58. The van der Waals surface area contributed by atoms with Crippen LogP contribution in [0.25, 0.3) is 21.9 Å². The Bertz CT molecular complexity index is 986. The maximum Gasteiger partial charge on any atom is 0.163 e. The number of halogens is 2. The molecule has 0 saturated heterocycles. The second kappa shape index (κ2) is 5.27. The first-order valence-corrected chi connectivity index (χ1v) is 7.61. The van der Waals surface area contributed by atoms with Crippen LogP contribution in [0.15, 0.2) is 54.9 Å². The minimum atomic E-state index is 0.372. The summed E-state index contributed by atoms with van der Waals surface area (Å²) in [6, 6.07) is 16.2. The molecule has 0 aliphatic carbocycles. The average Bonchev–Trinajstić information content (AvgIpc) is 2.91. The summed E-state index contributed by atoms with van der Waals surface area (Å²) in [5, 5.41) is 3.33. The number of imidazole rings is 1. The molecule has 0 amide bonds. The van der Waals surface area contributed by atoms with Gasteiger partial charge in [0, 0.05) is 0 Å². The first-order chi connectivity index (χ1) is 10.7. The summed E-state index contributed by atoms with van der Waals surface area (Å²) in [6.45, 7) is 0.668. The Morgan fingerprint density at radius 3 is 2.73 bits per heavy atom. The van der Waals surface area contributed by atoms with Crippen molar-refractivity contribution in [3.63, 3.8) is 0 Å². The fourth-order valence-corrected chi connectivity index (χ4v) is 3.18. The lowest BCUT2D eigenvalue weighted by atomic mass is 10.0. The van der Waals surface area contributed by atoms with Crippen molar-refractivity contribution in [1.82, 2.24) is 14.5 Å². The Kier molecular flexibility index (Phi) is 3.25. The molecular weight excluding hydrogens is 317 g/mol. The predicted octanol–water partition coefficient (Wildman–Crippen LogP) is 4.94. The zero-order valence-electron chi connectivity index (χ0n) is 11.5. The number of nitrogens with zero attached hydrogens (tertiary/aromatic N) is 3. The van der Waals surface area contributed by atoms with E-state index in [0.717, 1.165) is 0 Å². The Labute approximate surface area is 137 Å². The van der Waals surface area contributed by atoms with Crippen LogP contribution >= 0.6 is 23.2 Å². The minimum Gasteiger partial charge on any atom is -0.311 e. The van der Waals surface area contributed by atoms with E-state index in [9.17, 15) is 0 Å². The Hall–Kier alpha value is -2.10. The molecule has 0 bridgehead atoms. The van der Waals surface area contributed by atoms with Gasteiger partial charge in [0.1, 0.15) is 10.7 Å². The highest BCUT2D eigenvalue weighted by Gasteiger charge is 2.11. The molecule has 0 radical (unpaired) electrons. The molecule has 4 rings (SSSR count). The molecule has 108 valence electrons. The van der Waals surface area contributed by atoms with Gasteiger partial charge in [-0.25, -0.2) is 9.97 Å². The number of hydrogen-bond acceptors (Lipinski definition) is 2. The second-order valence-electron chi connectivity index (χ2n) is 5.11. The van der Waals surface area contributed by atoms with Crippen LogP contribution in [-0.2, 0) is 6.54 Å². The van der Waals surface area contributed by atoms with E-state index in [1.54, 1.807) is 12.4 Å². The lowest BCUT2D eigenvalue weighted by Gasteiger charge is -2.08. The quantitative estimate of drug-likeness (QED) is 0.488. The van der Waals surface area contributed by atoms with Gasteiger partial charge in [0.05, 0.1) is 17.9 Å². The van der Waals surface area contributed by atoms with E-state index in [2.05, 4.69) is 40.3 Å². The molecule has 0 N–H and O–H groups in total. The highest BCUT2D eigenvalue weighted by atomic mass is 35.5. The van der Waals surface area contributed by atoms with E-state index in [-0.39, 0.29) is 0 Å². The topological polar surface area (TPSA) is 30.7 Å². The predicted molar refractivity (Wildman–Crippen MR) is 90.6 cm³/mol. The minimum absolute atomic E-state index is 0.372. The van der Waals surface area contributed by atoms with E-state index in [4.69, 9.17) is 23.2 Å². The second-order valence-corrected chi connectivity index (χ2v) is 5.90. The van der Waals surface area contributed by atoms with Gasteiger partial charge in [0.2, 0.25) is 0 Å². The van der Waals surface area contributed by atoms with E-state index in [1.165, 1.54) is 16.3 Å². The standard InChI is InChI=1S/C17H11Cl2N3/c18-14-8-15(19)21-17-16(14)20-10-22(17)9-12-6-3-5-11-4-1-2-7-13(11)12/h1-8,10H,9H2. The van der Waals surface area contributed by atoms with Crippen molar-refractivity contribution in [2.45, 2.75) is 6.54 Å². The molecule has 0 fully saturated rings. The summed E-state index contributed by atoms with van der Waals surface area (Å²) < 4.78 is 1.97. The Morgan fingerprint density at radius 1 is 1.00 bits per heavy atom. The van der Waals surface area contributed by atoms with Crippen LogP contribution < -0.4 is 0 Å². The summed E-state index contributed by atoms with van der Waals surface area (Å²) in [4.78, 5) is 8.70. The van der Waals surface area contributed by atoms with Crippen molar-refractivity contribution in [1.29, 1.82) is 0 Å². The molecule has 2 aromatic carbocycles. The number of fused-ring (bicyclic) bond motifs is 2. The SMILES string of the molecule is Clc1cc(Cl)c2ncn(Cc3cccc4ccccc34)c2n1. The number of benzene rings is 2. The van der Waals surface area contributed by atoms with Gasteiger partial charge in [-0.2, -0.15) is 0 Å². The fourth-order valence-electron chi connectivity index (χ4n) is 2.70. The molecule has 2 heterocycles. The molecular formula is C17H11Cl2N3. The first kappa shape index (κ1) is 13.6. The van der Waals surface area contributed by atoms with Crippen molar-refractivity contribution < 1.29 is 0 Å². The average molecular weight is 328 g/mol. The smallest absolute Gasteiger partial charge is 0.163 e. The number of pyridine rings is 1. The van der Waals surface area contributed by atoms with Crippen molar-refractivity contribution in [3.8, 4) is 0 Å². The van der Waals surface area contributed by atoms with E-state index < -0.39 is 0 Å². The van der Waals surface area contributed by atoms with Crippen molar-refractivity contribution in [2.75, 3.05) is 0 Å². The first-order valence-electron chi connectivity index (χ1n) is 6.86. The van der Waals surface area contributed by atoms with Gasteiger partial charge >= 0.3 is 0 Å². The van der Waals surface area contributed by atoms with Gasteiger partial charge in [-0.05, 0) is 22.4 Å². The van der Waals surface area contributed by atoms with Crippen molar-refractivity contribution in [2.24, 2.45) is 0 Å². The van der Waals surface area contributed by atoms with Gasteiger partial charge < -0.3 is 4.57 Å². The zero-order chi connectivity index (χ0) is 15.1. The molecule has 0 aliphatic rings. The van der Waals surface area contributed by atoms with Crippen LogP contribution in [0.1, 0.15) is 5.56 Å². The summed E-state index contributed by atoms with van der Waals surface area (Å²) in [6.07, 6.45) is 1.75. The lowest BCUT2D eigenvalue weighted by molar-refractivity contribution is 0.820. The highest BCUT2D eigenvalue weighted by molar-refractivity contribution is 6.37. The molecule has 22 heavy (non-hydrogen) atoms. The van der Waals surface area contributed by atoms with Crippen LogP contribution in [0.5, 0.6) is 0 Å². The van der Waals surface area contributed by atoms with E-state index in [0.29, 0.717) is 27.9 Å². The maximum atomic E-state index is 6.17. The van der Waals surface area contributed by atoms with Gasteiger partial charge in [-0.15, -0.1) is 0 Å². The summed E-state index contributed by atoms with van der Waals surface area (Å²) >= 11 is 12.2. The van der Waals surface area contributed by atoms with Crippen LogP contribution in [0, 0.1) is 0 Å². The lowest BCUT2D eigenvalue weighted by Crippen LogP contribution is -2.00. The Balaban J connectivity index is 1.86. The van der Waals surface area contributed by atoms with Gasteiger partial charge in [0.25, 0.3) is 0 Å². The molecule has 5 heteroatoms. The fraction of sp³-hybridized carbons (Fsp3) is 0.0588. The van der Waals surface area contributed by atoms with Crippen LogP contribution in [0.4, 0.5) is 0 Å². The number of hydrogen-bond donors (Lipinski definition) is 0. The number of aromatic nitrogens is 3. The third-order valence-electron chi connectivity index (χ3n) is 3.72. The largest absolute Gasteiger partial charge is 0.311 e. The molecule has 4 aromatic rings. The molecule has 2 aromatic heterocycles. The van der Waals surface area contributed by atoms with Gasteiger partial charge in [-0.1, -0.05) is 65.7 Å². The molecule has 0 unspecified atom stereocenters. The van der Waals surface area contributed by atoms with Crippen LogP contribution in [0.2, 0.25) is 10.2 Å². The summed E-state index contributed by atoms with van der Waals surface area (Å²) in [5.74, 6) is 0. The third-order valence-corrected chi connectivity index (χ3v) is 4.20. The molecule has 0 atom stereocenters. The van der Waals surface area contributed by atoms with Gasteiger partial charge in [0.15, 0.2) is 5.65 Å². The zero-order valence-corrected chi connectivity index (χ0v) is 13.0. The van der Waals surface area contributed by atoms with E-state index in [1.807, 2.05) is 16.7 Å². The molecule has 0 saturated carbocycles. The monoisotopic (exact) mass is 327 g/mol. The van der Waals surface area contributed by atoms with Gasteiger partial charge in [-0.3, -0.25) is 0 Å². The van der Waals surface area contributed by atoms with Crippen LogP contribution in [0.3, 0.4) is 0 Å². The van der Waals surface area contributed by atoms with Crippen molar-refractivity contribution in [3.05, 3.63) is 70.6 Å². The molecule has 3 nitrogen and oxygen atoms in total. The summed E-state index contributed by atoms with van der Waals surface area (Å²) in [7, 11) is 0. The third kappa shape index (κ3) is 2.23. The normalized spacial score (nSPS) is 11.4. The number of rotatable bonds is 2. The van der Waals surface area contributed by atoms with Crippen LogP contribution in [-0.4, -0.2) is 14.5 Å². The van der Waals surface area contributed by atoms with Crippen molar-refractivity contribution >= 4 is 45.1 Å². The molecule has 0 aliphatic heterocycles. The Morgan fingerprint density at radius 2 is 1.82 bits per heavy atom. The van der Waals surface area contributed by atoms with E-state index >= 15 is 0 Å². The molecule has 0 spiro atoms. The maximum absolute atomic E-state index is 6.17.